The van der Waals surface area contributed by atoms with Crippen molar-refractivity contribution in [1.29, 1.82) is 0 Å². The fourth-order valence-corrected chi connectivity index (χ4v) is 4.02. The first-order valence-electron chi connectivity index (χ1n) is 10.1. The van der Waals surface area contributed by atoms with Crippen molar-refractivity contribution in [1.82, 2.24) is 0 Å². The van der Waals surface area contributed by atoms with Crippen molar-refractivity contribution in [3.05, 3.63) is 35.4 Å². The topological polar surface area (TPSA) is 72.5 Å². The predicted octanol–water partition coefficient (Wildman–Crippen LogP) is 4.92. The number of benzene rings is 3. The zero-order valence-electron chi connectivity index (χ0n) is 19.5. The lowest BCUT2D eigenvalue weighted by atomic mass is 9.92. The molecule has 0 unspecified atom stereocenters. The Bertz CT molecular complexity index is 1190. The Morgan fingerprint density at radius 1 is 0.812 bits per heavy atom. The third-order valence-electron chi connectivity index (χ3n) is 5.38. The van der Waals surface area contributed by atoms with Gasteiger partial charge < -0.3 is 28.4 Å². The normalized spacial score (nSPS) is 11.1. The fourth-order valence-electron chi connectivity index (χ4n) is 4.02. The Morgan fingerprint density at radius 2 is 1.38 bits per heavy atom. The summed E-state index contributed by atoms with van der Waals surface area (Å²) in [5, 5.41) is 3.06. The first-order chi connectivity index (χ1) is 15.5. The second kappa shape index (κ2) is 9.68. The van der Waals surface area contributed by atoms with Crippen molar-refractivity contribution < 1.29 is 33.2 Å². The number of rotatable bonds is 8. The number of hydrogen-bond acceptors (Lipinski definition) is 7. The second-order valence-corrected chi connectivity index (χ2v) is 6.91. The highest BCUT2D eigenvalue weighted by atomic mass is 16.5. The maximum atomic E-state index is 11.9. The van der Waals surface area contributed by atoms with Gasteiger partial charge in [-0.2, -0.15) is 0 Å². The van der Waals surface area contributed by atoms with Crippen LogP contribution >= 0.6 is 0 Å². The molecule has 0 atom stereocenters. The maximum absolute atomic E-state index is 11.9. The number of carbonyl (C=O) groups excluding carboxylic acids is 1. The van der Waals surface area contributed by atoms with E-state index < -0.39 is 5.97 Å². The molecule has 7 nitrogen and oxygen atoms in total. The molecule has 170 valence electrons. The van der Waals surface area contributed by atoms with E-state index in [0.717, 1.165) is 32.7 Å². The molecule has 3 rings (SSSR count). The highest BCUT2D eigenvalue weighted by molar-refractivity contribution is 6.17. The summed E-state index contributed by atoms with van der Waals surface area (Å²) in [5.74, 6) is 2.62. The number of hydrogen-bond donors (Lipinski definition) is 0. The van der Waals surface area contributed by atoms with Crippen molar-refractivity contribution in [2.45, 2.75) is 13.8 Å². The van der Waals surface area contributed by atoms with Crippen LogP contribution < -0.4 is 23.7 Å². The van der Waals surface area contributed by atoms with E-state index in [9.17, 15) is 4.79 Å². The summed E-state index contributed by atoms with van der Waals surface area (Å²) >= 11 is 0. The Morgan fingerprint density at radius 3 is 1.88 bits per heavy atom. The van der Waals surface area contributed by atoms with Crippen molar-refractivity contribution in [2.75, 3.05) is 42.2 Å². The highest BCUT2D eigenvalue weighted by Gasteiger charge is 2.25. The molecule has 0 aliphatic carbocycles. The molecule has 7 heteroatoms. The molecule has 0 bridgehead atoms. The summed E-state index contributed by atoms with van der Waals surface area (Å²) in [6.45, 7) is 4.00. The van der Waals surface area contributed by atoms with E-state index in [0.29, 0.717) is 35.4 Å². The molecular formula is C25H28O7. The lowest BCUT2D eigenvalue weighted by molar-refractivity contribution is -0.137. The van der Waals surface area contributed by atoms with Crippen LogP contribution in [0.25, 0.3) is 27.6 Å². The zero-order chi connectivity index (χ0) is 23.4. The molecule has 0 aliphatic heterocycles. The largest absolute Gasteiger partial charge is 0.496 e. The Labute approximate surface area is 187 Å². The fraction of sp³-hybridized carbons (Fsp3) is 0.320. The van der Waals surface area contributed by atoms with Gasteiger partial charge in [0, 0.05) is 22.4 Å². The van der Waals surface area contributed by atoms with Crippen LogP contribution in [0.15, 0.2) is 24.3 Å². The number of carbonyl (C=O) groups is 1. The minimum absolute atomic E-state index is 0.301. The molecule has 0 N–H and O–H groups in total. The summed E-state index contributed by atoms with van der Waals surface area (Å²) in [7, 11) is 8.00. The lowest BCUT2D eigenvalue weighted by Gasteiger charge is -2.21. The Kier molecular flexibility index (Phi) is 6.98. The zero-order valence-corrected chi connectivity index (χ0v) is 19.5. The molecule has 0 radical (unpaired) electrons. The molecule has 0 saturated heterocycles. The first kappa shape index (κ1) is 23.1. The van der Waals surface area contributed by atoms with Gasteiger partial charge in [-0.25, -0.2) is 4.79 Å². The molecule has 32 heavy (non-hydrogen) atoms. The van der Waals surface area contributed by atoms with Gasteiger partial charge in [0.15, 0.2) is 0 Å². The van der Waals surface area contributed by atoms with Gasteiger partial charge in [-0.15, -0.1) is 0 Å². The van der Waals surface area contributed by atoms with Crippen LogP contribution in [-0.2, 0) is 9.53 Å². The van der Waals surface area contributed by atoms with E-state index >= 15 is 0 Å². The van der Waals surface area contributed by atoms with Crippen LogP contribution in [-0.4, -0.2) is 48.1 Å². The van der Waals surface area contributed by atoms with E-state index in [1.165, 1.54) is 6.08 Å². The molecule has 3 aromatic carbocycles. The summed E-state index contributed by atoms with van der Waals surface area (Å²) in [4.78, 5) is 11.9. The van der Waals surface area contributed by atoms with E-state index in [1.54, 1.807) is 48.5 Å². The Hall–Kier alpha value is -3.61. The number of fused-ring (bicyclic) bond motifs is 2. The van der Waals surface area contributed by atoms with Gasteiger partial charge in [-0.3, -0.25) is 0 Å². The quantitative estimate of drug-likeness (QED) is 0.280. The number of methoxy groups -OCH3 is 5. The molecule has 0 fully saturated rings. The van der Waals surface area contributed by atoms with Gasteiger partial charge in [0.05, 0.1) is 52.9 Å². The Balaban J connectivity index is 2.53. The maximum Gasteiger partial charge on any atom is 0.330 e. The van der Waals surface area contributed by atoms with Crippen LogP contribution in [0, 0.1) is 6.92 Å². The van der Waals surface area contributed by atoms with Crippen LogP contribution in [0.2, 0.25) is 0 Å². The van der Waals surface area contributed by atoms with E-state index in [-0.39, 0.29) is 0 Å². The molecule has 3 aromatic rings. The van der Waals surface area contributed by atoms with Crippen molar-refractivity contribution >= 4 is 33.6 Å². The lowest BCUT2D eigenvalue weighted by Crippen LogP contribution is -2.01. The van der Waals surface area contributed by atoms with Gasteiger partial charge in [-0.1, -0.05) is 0 Å². The molecule has 0 spiro atoms. The van der Waals surface area contributed by atoms with Crippen molar-refractivity contribution in [2.24, 2.45) is 0 Å². The third-order valence-corrected chi connectivity index (χ3v) is 5.38. The van der Waals surface area contributed by atoms with Crippen LogP contribution in [0.4, 0.5) is 0 Å². The van der Waals surface area contributed by atoms with Crippen LogP contribution in [0.3, 0.4) is 0 Å². The average molecular weight is 440 g/mol. The summed E-state index contributed by atoms with van der Waals surface area (Å²) in [6, 6.07) is 5.53. The third kappa shape index (κ3) is 3.75. The highest BCUT2D eigenvalue weighted by Crippen LogP contribution is 2.52. The smallest absolute Gasteiger partial charge is 0.330 e. The van der Waals surface area contributed by atoms with Crippen LogP contribution in [0.5, 0.6) is 28.7 Å². The van der Waals surface area contributed by atoms with Gasteiger partial charge >= 0.3 is 5.97 Å². The SMILES string of the molecule is CCOC(=O)C=Cc1c(OC)cc2c(OC)c3c(OC)ccc(OC)c3c(OC)c2c1C. The van der Waals surface area contributed by atoms with Gasteiger partial charge in [0.2, 0.25) is 0 Å². The monoisotopic (exact) mass is 440 g/mol. The minimum Gasteiger partial charge on any atom is -0.496 e. The van der Waals surface area contributed by atoms with E-state index in [4.69, 9.17) is 28.4 Å². The number of ether oxygens (including phenoxy) is 6. The minimum atomic E-state index is -0.427. The second-order valence-electron chi connectivity index (χ2n) is 6.91. The number of esters is 1. The van der Waals surface area contributed by atoms with E-state index in [2.05, 4.69) is 0 Å². The predicted molar refractivity (Wildman–Crippen MR) is 125 cm³/mol. The van der Waals surface area contributed by atoms with Crippen LogP contribution in [0.1, 0.15) is 18.1 Å². The number of aryl methyl sites for hydroxylation is 1. The average Bonchev–Trinajstić information content (AvgIpc) is 2.81. The van der Waals surface area contributed by atoms with Gasteiger partial charge in [-0.05, 0) is 43.7 Å². The van der Waals surface area contributed by atoms with Crippen molar-refractivity contribution in [3.63, 3.8) is 0 Å². The molecule has 0 heterocycles. The molecule has 0 aromatic heterocycles. The molecular weight excluding hydrogens is 412 g/mol. The van der Waals surface area contributed by atoms with Crippen molar-refractivity contribution in [3.8, 4) is 28.7 Å². The first-order valence-corrected chi connectivity index (χ1v) is 10.1. The summed E-state index contributed by atoms with van der Waals surface area (Å²) in [6.07, 6.45) is 3.07. The van der Waals surface area contributed by atoms with Gasteiger partial charge in [0.25, 0.3) is 0 Å². The molecule has 0 saturated carbocycles. The standard InChI is InChI=1S/C25H28O7/c1-8-32-20(26)12-9-15-14(2)21-16(13-19(15)29-5)24(30-6)22-17(27-3)10-11-18(28-4)23(22)25(21)31-7/h9-13H,8H2,1-7H3. The van der Waals surface area contributed by atoms with E-state index in [1.807, 2.05) is 25.1 Å². The molecule has 0 aliphatic rings. The van der Waals surface area contributed by atoms with Gasteiger partial charge in [0.1, 0.15) is 28.7 Å². The summed E-state index contributed by atoms with van der Waals surface area (Å²) < 4.78 is 33.7. The molecule has 0 amide bonds. The summed E-state index contributed by atoms with van der Waals surface area (Å²) in [5.41, 5.74) is 1.58.